The molecule has 158 valence electrons. The molecule has 2 aromatic rings. The molecule has 0 spiro atoms. The number of amides is 1. The summed E-state index contributed by atoms with van der Waals surface area (Å²) in [6.07, 6.45) is 2.91. The average molecular weight is 407 g/mol. The Morgan fingerprint density at radius 2 is 1.97 bits per heavy atom. The fourth-order valence-corrected chi connectivity index (χ4v) is 4.03. The summed E-state index contributed by atoms with van der Waals surface area (Å²) in [4.78, 5) is 14.8. The van der Waals surface area contributed by atoms with E-state index in [0.717, 1.165) is 74.0 Å². The van der Waals surface area contributed by atoms with Gasteiger partial charge in [0.15, 0.2) is 0 Å². The topological polar surface area (TPSA) is 65.6 Å². The third kappa shape index (κ3) is 4.66. The van der Waals surface area contributed by atoms with Gasteiger partial charge in [-0.1, -0.05) is 12.1 Å². The molecule has 1 saturated heterocycles. The minimum atomic E-state index is -0.0675. The molecule has 2 aliphatic rings. The molecule has 4 rings (SSSR count). The summed E-state index contributed by atoms with van der Waals surface area (Å²) in [5.41, 5.74) is 6.91. The summed E-state index contributed by atoms with van der Waals surface area (Å²) in [6.45, 7) is 9.96. The standard InChI is InChI=1S/C24H30N4O2/c1-17-5-3-6-22-23(17)20(24(29)27-22)16-26-19-7-8-21(18(2)15-19)25-9-4-10-28-11-13-30-14-12-28/h3,5-8,15-16,25-26H,4,9-14H2,1-2H3,(H,27,29). The fraction of sp³-hybridized carbons (Fsp3) is 0.375. The van der Waals surface area contributed by atoms with Crippen molar-refractivity contribution in [2.45, 2.75) is 20.3 Å². The number of nitrogens with zero attached hydrogens (tertiary/aromatic N) is 1. The first-order valence-electron chi connectivity index (χ1n) is 10.6. The van der Waals surface area contributed by atoms with E-state index >= 15 is 0 Å². The van der Waals surface area contributed by atoms with Gasteiger partial charge in [-0.2, -0.15) is 0 Å². The van der Waals surface area contributed by atoms with E-state index in [-0.39, 0.29) is 5.91 Å². The highest BCUT2D eigenvalue weighted by atomic mass is 16.5. The molecule has 0 radical (unpaired) electrons. The Bertz CT molecular complexity index is 948. The summed E-state index contributed by atoms with van der Waals surface area (Å²) in [6, 6.07) is 12.2. The minimum absolute atomic E-state index is 0.0675. The number of hydrogen-bond donors (Lipinski definition) is 3. The van der Waals surface area contributed by atoms with Crippen molar-refractivity contribution in [1.82, 2.24) is 4.90 Å². The van der Waals surface area contributed by atoms with E-state index in [4.69, 9.17) is 4.74 Å². The third-order valence-electron chi connectivity index (χ3n) is 5.71. The van der Waals surface area contributed by atoms with E-state index < -0.39 is 0 Å². The van der Waals surface area contributed by atoms with Crippen LogP contribution >= 0.6 is 0 Å². The number of carbonyl (C=O) groups excluding carboxylic acids is 1. The Labute approximate surface area is 178 Å². The van der Waals surface area contributed by atoms with E-state index in [1.807, 2.05) is 31.2 Å². The molecule has 2 heterocycles. The van der Waals surface area contributed by atoms with Crippen LogP contribution in [0.4, 0.5) is 17.1 Å². The van der Waals surface area contributed by atoms with Gasteiger partial charge in [-0.25, -0.2) is 0 Å². The van der Waals surface area contributed by atoms with Crippen molar-refractivity contribution >= 4 is 28.5 Å². The summed E-state index contributed by atoms with van der Waals surface area (Å²) < 4.78 is 5.39. The lowest BCUT2D eigenvalue weighted by molar-refractivity contribution is -0.110. The number of benzene rings is 2. The first-order valence-corrected chi connectivity index (χ1v) is 10.6. The van der Waals surface area contributed by atoms with Crippen LogP contribution in [0, 0.1) is 13.8 Å². The van der Waals surface area contributed by atoms with Crippen molar-refractivity contribution in [1.29, 1.82) is 0 Å². The molecule has 6 heteroatoms. The Morgan fingerprint density at radius 1 is 1.13 bits per heavy atom. The second-order valence-corrected chi connectivity index (χ2v) is 7.92. The lowest BCUT2D eigenvalue weighted by Gasteiger charge is -2.26. The largest absolute Gasteiger partial charge is 0.385 e. The first kappa shape index (κ1) is 20.4. The van der Waals surface area contributed by atoms with E-state index in [1.165, 1.54) is 5.56 Å². The van der Waals surface area contributed by atoms with E-state index in [1.54, 1.807) is 6.20 Å². The maximum absolute atomic E-state index is 12.3. The van der Waals surface area contributed by atoms with E-state index in [9.17, 15) is 4.79 Å². The van der Waals surface area contributed by atoms with Crippen molar-refractivity contribution < 1.29 is 9.53 Å². The van der Waals surface area contributed by atoms with Crippen LogP contribution in [0.3, 0.4) is 0 Å². The highest BCUT2D eigenvalue weighted by Gasteiger charge is 2.25. The van der Waals surface area contributed by atoms with Crippen LogP contribution in [0.15, 0.2) is 42.6 Å². The summed E-state index contributed by atoms with van der Waals surface area (Å²) in [5, 5.41) is 9.76. The molecular weight excluding hydrogens is 376 g/mol. The quantitative estimate of drug-likeness (QED) is 0.482. The summed E-state index contributed by atoms with van der Waals surface area (Å²) in [7, 11) is 0. The van der Waals surface area contributed by atoms with Gasteiger partial charge in [0.25, 0.3) is 5.91 Å². The zero-order valence-corrected chi connectivity index (χ0v) is 17.8. The Hall–Kier alpha value is -2.83. The minimum Gasteiger partial charge on any atom is -0.385 e. The molecule has 2 aromatic carbocycles. The molecule has 1 fully saturated rings. The number of carbonyl (C=O) groups is 1. The first-order chi connectivity index (χ1) is 14.6. The molecule has 0 bridgehead atoms. The average Bonchev–Trinajstić information content (AvgIpc) is 3.08. The van der Waals surface area contributed by atoms with Crippen LogP contribution in [-0.4, -0.2) is 50.2 Å². The van der Waals surface area contributed by atoms with Gasteiger partial charge in [0.1, 0.15) is 0 Å². The molecule has 0 aliphatic carbocycles. The molecule has 1 amide bonds. The van der Waals surface area contributed by atoms with Crippen LogP contribution in [0.1, 0.15) is 23.1 Å². The van der Waals surface area contributed by atoms with Gasteiger partial charge in [0, 0.05) is 48.5 Å². The maximum Gasteiger partial charge on any atom is 0.257 e. The van der Waals surface area contributed by atoms with Gasteiger partial charge in [-0.3, -0.25) is 9.69 Å². The number of morpholine rings is 1. The number of fused-ring (bicyclic) bond motifs is 1. The molecule has 3 N–H and O–H groups in total. The molecule has 0 unspecified atom stereocenters. The number of ether oxygens (including phenoxy) is 1. The molecule has 30 heavy (non-hydrogen) atoms. The van der Waals surface area contributed by atoms with Crippen LogP contribution in [0.25, 0.3) is 5.57 Å². The number of anilines is 3. The molecule has 6 nitrogen and oxygen atoms in total. The van der Waals surface area contributed by atoms with Crippen LogP contribution in [-0.2, 0) is 9.53 Å². The summed E-state index contributed by atoms with van der Waals surface area (Å²) in [5.74, 6) is -0.0675. The highest BCUT2D eigenvalue weighted by molar-refractivity contribution is 6.32. The second kappa shape index (κ2) is 9.32. The predicted molar refractivity (Wildman–Crippen MR) is 123 cm³/mol. The molecular formula is C24H30N4O2. The molecule has 0 saturated carbocycles. The van der Waals surface area contributed by atoms with Gasteiger partial charge in [-0.15, -0.1) is 0 Å². The van der Waals surface area contributed by atoms with Crippen molar-refractivity contribution in [3.8, 4) is 0 Å². The van der Waals surface area contributed by atoms with Crippen molar-refractivity contribution in [2.75, 3.05) is 55.3 Å². The molecule has 0 atom stereocenters. The van der Waals surface area contributed by atoms with Gasteiger partial charge in [-0.05, 0) is 62.2 Å². The monoisotopic (exact) mass is 406 g/mol. The third-order valence-corrected chi connectivity index (χ3v) is 5.71. The van der Waals surface area contributed by atoms with E-state index in [0.29, 0.717) is 5.57 Å². The van der Waals surface area contributed by atoms with Crippen molar-refractivity contribution in [3.05, 3.63) is 59.3 Å². The number of hydrogen-bond acceptors (Lipinski definition) is 5. The SMILES string of the molecule is Cc1cc(NC=C2C(=O)Nc3cccc(C)c32)ccc1NCCCN1CCOCC1. The molecule has 2 aliphatic heterocycles. The van der Waals surface area contributed by atoms with Gasteiger partial charge >= 0.3 is 0 Å². The number of nitrogens with one attached hydrogen (secondary N) is 3. The smallest absolute Gasteiger partial charge is 0.257 e. The second-order valence-electron chi connectivity index (χ2n) is 7.92. The van der Waals surface area contributed by atoms with Gasteiger partial charge in [0.05, 0.1) is 18.8 Å². The van der Waals surface area contributed by atoms with Crippen LogP contribution in [0.2, 0.25) is 0 Å². The lowest BCUT2D eigenvalue weighted by Crippen LogP contribution is -2.37. The predicted octanol–water partition coefficient (Wildman–Crippen LogP) is 3.84. The van der Waals surface area contributed by atoms with Gasteiger partial charge < -0.3 is 20.7 Å². The van der Waals surface area contributed by atoms with E-state index in [2.05, 4.69) is 39.9 Å². The van der Waals surface area contributed by atoms with Gasteiger partial charge in [0.2, 0.25) is 0 Å². The number of rotatable bonds is 7. The lowest BCUT2D eigenvalue weighted by atomic mass is 10.0. The van der Waals surface area contributed by atoms with Crippen LogP contribution < -0.4 is 16.0 Å². The van der Waals surface area contributed by atoms with Crippen LogP contribution in [0.5, 0.6) is 0 Å². The highest BCUT2D eigenvalue weighted by Crippen LogP contribution is 2.34. The molecule has 0 aromatic heterocycles. The van der Waals surface area contributed by atoms with Crippen molar-refractivity contribution in [3.63, 3.8) is 0 Å². The van der Waals surface area contributed by atoms with Crippen molar-refractivity contribution in [2.24, 2.45) is 0 Å². The fourth-order valence-electron chi connectivity index (χ4n) is 4.03. The Morgan fingerprint density at radius 3 is 2.77 bits per heavy atom. The number of aryl methyl sites for hydroxylation is 2. The zero-order valence-electron chi connectivity index (χ0n) is 17.8. The Balaban J connectivity index is 1.34. The normalized spacial score (nSPS) is 17.7. The Kier molecular flexibility index (Phi) is 6.35. The summed E-state index contributed by atoms with van der Waals surface area (Å²) >= 11 is 0. The maximum atomic E-state index is 12.3. The zero-order chi connectivity index (χ0) is 20.9.